The summed E-state index contributed by atoms with van der Waals surface area (Å²) in [5, 5.41) is -0.485. The van der Waals surface area contributed by atoms with E-state index in [1.54, 1.807) is 42.5 Å². The van der Waals surface area contributed by atoms with E-state index in [1.807, 2.05) is 0 Å². The van der Waals surface area contributed by atoms with E-state index < -0.39 is 22.9 Å². The zero-order valence-corrected chi connectivity index (χ0v) is 19.6. The highest BCUT2D eigenvalue weighted by atomic mass is 32.2. The molecule has 178 valence electrons. The Balaban J connectivity index is 1.51. The highest BCUT2D eigenvalue weighted by Crippen LogP contribution is 2.35. The lowest BCUT2D eigenvalue weighted by molar-refractivity contribution is -0.123. The molecule has 1 heterocycles. The minimum atomic E-state index is -0.576. The second kappa shape index (κ2) is 10.4. The summed E-state index contributed by atoms with van der Waals surface area (Å²) in [6.07, 6.45) is 1.53. The van der Waals surface area contributed by atoms with Gasteiger partial charge in [-0.25, -0.2) is 9.18 Å². The Morgan fingerprint density at radius 2 is 1.71 bits per heavy atom. The third-order valence-electron chi connectivity index (χ3n) is 5.17. The molecule has 35 heavy (non-hydrogen) atoms. The summed E-state index contributed by atoms with van der Waals surface area (Å²) in [5.41, 5.74) is 1.14. The van der Waals surface area contributed by atoms with Crippen LogP contribution in [0.3, 0.4) is 0 Å². The molecule has 0 unspecified atom stereocenters. The van der Waals surface area contributed by atoms with Crippen molar-refractivity contribution in [1.82, 2.24) is 4.90 Å². The van der Waals surface area contributed by atoms with Crippen molar-refractivity contribution in [2.75, 3.05) is 14.2 Å². The third-order valence-corrected chi connectivity index (χ3v) is 6.08. The number of imide groups is 1. The molecule has 4 rings (SSSR count). The standard InChI is InChI=1S/C26H20FNO6S/c1-32-19-10-8-17(9-11-19)25(30)34-21-12-7-16(13-22(21)33-2)14-23-24(29)28(26(31)35-23)15-18-5-3-4-6-20(18)27/h3-14H,15H2,1-2H3/b23-14-. The molecule has 0 aromatic heterocycles. The minimum absolute atomic E-state index is 0.155. The predicted molar refractivity (Wildman–Crippen MR) is 129 cm³/mol. The van der Waals surface area contributed by atoms with E-state index in [0.717, 1.165) is 16.7 Å². The Morgan fingerprint density at radius 1 is 0.971 bits per heavy atom. The molecule has 0 N–H and O–H groups in total. The molecule has 0 radical (unpaired) electrons. The monoisotopic (exact) mass is 493 g/mol. The van der Waals surface area contributed by atoms with Gasteiger partial charge < -0.3 is 14.2 Å². The number of methoxy groups -OCH3 is 2. The highest BCUT2D eigenvalue weighted by molar-refractivity contribution is 8.18. The fourth-order valence-corrected chi connectivity index (χ4v) is 4.17. The largest absolute Gasteiger partial charge is 0.497 e. The van der Waals surface area contributed by atoms with Gasteiger partial charge in [0, 0.05) is 5.56 Å². The zero-order chi connectivity index (χ0) is 24.9. The van der Waals surface area contributed by atoms with E-state index in [0.29, 0.717) is 16.9 Å². The Labute approximate surface area is 205 Å². The van der Waals surface area contributed by atoms with Gasteiger partial charge in [-0.2, -0.15) is 0 Å². The summed E-state index contributed by atoms with van der Waals surface area (Å²) in [7, 11) is 2.95. The second-order valence-electron chi connectivity index (χ2n) is 7.39. The first-order chi connectivity index (χ1) is 16.9. The lowest BCUT2D eigenvalue weighted by atomic mass is 10.1. The zero-order valence-electron chi connectivity index (χ0n) is 18.8. The van der Waals surface area contributed by atoms with Crippen LogP contribution in [0.2, 0.25) is 0 Å². The summed E-state index contributed by atoms with van der Waals surface area (Å²) in [5.74, 6) is -0.503. The summed E-state index contributed by atoms with van der Waals surface area (Å²) in [6.45, 7) is -0.155. The van der Waals surface area contributed by atoms with Crippen molar-refractivity contribution in [2.45, 2.75) is 6.54 Å². The first-order valence-electron chi connectivity index (χ1n) is 10.4. The molecule has 9 heteroatoms. The van der Waals surface area contributed by atoms with Crippen molar-refractivity contribution in [3.05, 3.63) is 94.1 Å². The van der Waals surface area contributed by atoms with Crippen LogP contribution < -0.4 is 14.2 Å². The molecule has 2 amide bonds. The van der Waals surface area contributed by atoms with Crippen molar-refractivity contribution in [2.24, 2.45) is 0 Å². The number of hydrogen-bond acceptors (Lipinski definition) is 7. The number of carbonyl (C=O) groups excluding carboxylic acids is 3. The van der Waals surface area contributed by atoms with Gasteiger partial charge >= 0.3 is 5.97 Å². The summed E-state index contributed by atoms with van der Waals surface area (Å²) in [6, 6.07) is 17.2. The second-order valence-corrected chi connectivity index (χ2v) is 8.38. The molecule has 0 aliphatic carbocycles. The van der Waals surface area contributed by atoms with Crippen LogP contribution in [0.5, 0.6) is 17.2 Å². The molecule has 0 atom stereocenters. The van der Waals surface area contributed by atoms with Gasteiger partial charge in [0.15, 0.2) is 11.5 Å². The Hall–Kier alpha value is -4.11. The SMILES string of the molecule is COc1ccc(C(=O)Oc2ccc(/C=C3\SC(=O)N(Cc4ccccc4F)C3=O)cc2OC)cc1. The van der Waals surface area contributed by atoms with Crippen molar-refractivity contribution in [1.29, 1.82) is 0 Å². The molecule has 0 spiro atoms. The number of carbonyl (C=O) groups is 3. The Morgan fingerprint density at radius 3 is 2.40 bits per heavy atom. The first-order valence-corrected chi connectivity index (χ1v) is 11.2. The van der Waals surface area contributed by atoms with Crippen LogP contribution in [0.1, 0.15) is 21.5 Å². The van der Waals surface area contributed by atoms with Gasteiger partial charge in [-0.05, 0) is 65.9 Å². The van der Waals surface area contributed by atoms with Crippen LogP contribution in [0.15, 0.2) is 71.6 Å². The summed E-state index contributed by atoms with van der Waals surface area (Å²) >= 11 is 0.770. The van der Waals surface area contributed by atoms with Crippen LogP contribution in [0, 0.1) is 5.82 Å². The van der Waals surface area contributed by atoms with Crippen molar-refractivity contribution in [3.63, 3.8) is 0 Å². The maximum Gasteiger partial charge on any atom is 0.343 e. The van der Waals surface area contributed by atoms with Gasteiger partial charge in [0.25, 0.3) is 11.1 Å². The molecule has 1 aliphatic heterocycles. The fourth-order valence-electron chi connectivity index (χ4n) is 3.33. The number of nitrogens with zero attached hydrogens (tertiary/aromatic N) is 1. The van der Waals surface area contributed by atoms with Gasteiger partial charge in [0.1, 0.15) is 11.6 Å². The molecule has 1 saturated heterocycles. The Bertz CT molecular complexity index is 1320. The molecule has 7 nitrogen and oxygen atoms in total. The highest BCUT2D eigenvalue weighted by Gasteiger charge is 2.35. The van der Waals surface area contributed by atoms with Crippen molar-refractivity contribution < 1.29 is 33.0 Å². The molecule has 0 bridgehead atoms. The maximum atomic E-state index is 14.0. The number of benzene rings is 3. The Kier molecular flexibility index (Phi) is 7.17. The van der Waals surface area contributed by atoms with Crippen LogP contribution >= 0.6 is 11.8 Å². The average molecular weight is 494 g/mol. The minimum Gasteiger partial charge on any atom is -0.497 e. The molecule has 3 aromatic carbocycles. The average Bonchev–Trinajstić information content (AvgIpc) is 3.13. The first kappa shape index (κ1) is 24.0. The van der Waals surface area contributed by atoms with Gasteiger partial charge in [0.05, 0.1) is 31.2 Å². The van der Waals surface area contributed by atoms with Gasteiger partial charge in [-0.1, -0.05) is 24.3 Å². The number of rotatable bonds is 7. The molecule has 1 fully saturated rings. The molecular weight excluding hydrogens is 473 g/mol. The van der Waals surface area contributed by atoms with Crippen molar-refractivity contribution >= 4 is 35.0 Å². The number of hydrogen-bond donors (Lipinski definition) is 0. The maximum absolute atomic E-state index is 14.0. The lowest BCUT2D eigenvalue weighted by Gasteiger charge is -2.13. The molecule has 1 aliphatic rings. The molecular formula is C26H20FNO6S. The van der Waals surface area contributed by atoms with E-state index in [-0.39, 0.29) is 28.5 Å². The van der Waals surface area contributed by atoms with Crippen LogP contribution in [-0.2, 0) is 11.3 Å². The quantitative estimate of drug-likeness (QED) is 0.251. The predicted octanol–water partition coefficient (Wildman–Crippen LogP) is 5.30. The fraction of sp³-hybridized carbons (Fsp3) is 0.115. The van der Waals surface area contributed by atoms with Gasteiger partial charge in [-0.3, -0.25) is 14.5 Å². The van der Waals surface area contributed by atoms with Gasteiger partial charge in [-0.15, -0.1) is 0 Å². The van der Waals surface area contributed by atoms with E-state index in [9.17, 15) is 18.8 Å². The number of esters is 1. The number of amides is 2. The van der Waals surface area contributed by atoms with E-state index in [1.165, 1.54) is 44.6 Å². The lowest BCUT2D eigenvalue weighted by Crippen LogP contribution is -2.27. The van der Waals surface area contributed by atoms with Crippen LogP contribution in [0.25, 0.3) is 6.08 Å². The van der Waals surface area contributed by atoms with Crippen LogP contribution in [-0.4, -0.2) is 36.2 Å². The van der Waals surface area contributed by atoms with E-state index in [4.69, 9.17) is 14.2 Å². The smallest absolute Gasteiger partial charge is 0.343 e. The molecule has 3 aromatic rings. The number of halogens is 1. The summed E-state index contributed by atoms with van der Waals surface area (Å²) < 4.78 is 29.9. The van der Waals surface area contributed by atoms with E-state index in [2.05, 4.69) is 0 Å². The van der Waals surface area contributed by atoms with E-state index >= 15 is 0 Å². The van der Waals surface area contributed by atoms with Crippen LogP contribution in [0.4, 0.5) is 9.18 Å². The number of ether oxygens (including phenoxy) is 3. The summed E-state index contributed by atoms with van der Waals surface area (Å²) in [4.78, 5) is 38.9. The normalized spacial score (nSPS) is 14.4. The van der Waals surface area contributed by atoms with Gasteiger partial charge in [0.2, 0.25) is 0 Å². The topological polar surface area (TPSA) is 82.1 Å². The third kappa shape index (κ3) is 5.36. The number of thioether (sulfide) groups is 1. The van der Waals surface area contributed by atoms with Crippen molar-refractivity contribution in [3.8, 4) is 17.2 Å². The molecule has 0 saturated carbocycles.